The molecule has 0 radical (unpaired) electrons. The molecule has 1 N–H and O–H groups in total. The lowest BCUT2D eigenvalue weighted by atomic mass is 9.97. The van der Waals surface area contributed by atoms with E-state index in [1.54, 1.807) is 12.1 Å². The summed E-state index contributed by atoms with van der Waals surface area (Å²) in [4.78, 5) is 37.4. The van der Waals surface area contributed by atoms with Crippen LogP contribution in [0.2, 0.25) is 0 Å². The van der Waals surface area contributed by atoms with Gasteiger partial charge in [-0.25, -0.2) is 22.3 Å². The molecule has 0 amide bonds. The lowest BCUT2D eigenvalue weighted by Gasteiger charge is -2.13. The fourth-order valence-corrected chi connectivity index (χ4v) is 4.25. The molecule has 0 atom stereocenters. The SMILES string of the molecule is CS(=O)(=O)c1ccc(-c2cnn(CC(=O)c3ccc(C(=O)O)cc3)c(=O)c2-c2ccc(F)cc2)cc1. The number of carbonyl (C=O) groups is 2. The second-order valence-corrected chi connectivity index (χ2v) is 10.0. The molecule has 4 rings (SSSR count). The van der Waals surface area contributed by atoms with Crippen molar-refractivity contribution < 1.29 is 27.5 Å². The van der Waals surface area contributed by atoms with E-state index in [9.17, 15) is 27.2 Å². The number of nitrogens with zero attached hydrogens (tertiary/aromatic N) is 2. The summed E-state index contributed by atoms with van der Waals surface area (Å²) in [6.45, 7) is -0.410. The molecule has 0 bridgehead atoms. The van der Waals surface area contributed by atoms with E-state index in [4.69, 9.17) is 5.11 Å². The topological polar surface area (TPSA) is 123 Å². The molecule has 0 spiro atoms. The fraction of sp³-hybridized carbons (Fsp3) is 0.0769. The quantitative estimate of drug-likeness (QED) is 0.379. The van der Waals surface area contributed by atoms with Crippen LogP contribution in [0.15, 0.2) is 88.7 Å². The van der Waals surface area contributed by atoms with Crippen LogP contribution in [-0.4, -0.2) is 41.3 Å². The summed E-state index contributed by atoms with van der Waals surface area (Å²) < 4.78 is 38.2. The number of hydrogen-bond acceptors (Lipinski definition) is 6. The van der Waals surface area contributed by atoms with Gasteiger partial charge in [-0.2, -0.15) is 5.10 Å². The van der Waals surface area contributed by atoms with Gasteiger partial charge in [0.2, 0.25) is 0 Å². The number of aromatic carboxylic acids is 1. The number of rotatable bonds is 7. The van der Waals surface area contributed by atoms with Crippen molar-refractivity contribution in [1.29, 1.82) is 0 Å². The smallest absolute Gasteiger partial charge is 0.335 e. The van der Waals surface area contributed by atoms with Gasteiger partial charge in [0.1, 0.15) is 12.4 Å². The Hall–Kier alpha value is -4.44. The maximum absolute atomic E-state index is 13.6. The zero-order chi connectivity index (χ0) is 26.0. The van der Waals surface area contributed by atoms with Crippen LogP contribution in [0.1, 0.15) is 20.7 Å². The molecule has 0 aliphatic rings. The van der Waals surface area contributed by atoms with E-state index >= 15 is 0 Å². The van der Waals surface area contributed by atoms with Gasteiger partial charge in [-0.3, -0.25) is 9.59 Å². The normalized spacial score (nSPS) is 11.3. The van der Waals surface area contributed by atoms with Crippen molar-refractivity contribution >= 4 is 21.6 Å². The monoisotopic (exact) mass is 506 g/mol. The second kappa shape index (κ2) is 9.67. The summed E-state index contributed by atoms with van der Waals surface area (Å²) in [6.07, 6.45) is 2.47. The third-order valence-corrected chi connectivity index (χ3v) is 6.65. The molecule has 1 aromatic heterocycles. The zero-order valence-electron chi connectivity index (χ0n) is 18.9. The molecule has 0 fully saturated rings. The van der Waals surface area contributed by atoms with E-state index in [1.165, 1.54) is 66.9 Å². The van der Waals surface area contributed by atoms with Crippen LogP contribution in [0.5, 0.6) is 0 Å². The Bertz CT molecular complexity index is 1630. The van der Waals surface area contributed by atoms with Crippen LogP contribution < -0.4 is 5.56 Å². The second-order valence-electron chi connectivity index (χ2n) is 8.01. The largest absolute Gasteiger partial charge is 0.478 e. The highest BCUT2D eigenvalue weighted by molar-refractivity contribution is 7.90. The Morgan fingerprint density at radius 3 is 2.00 bits per heavy atom. The van der Waals surface area contributed by atoms with Crippen LogP contribution in [-0.2, 0) is 16.4 Å². The van der Waals surface area contributed by atoms with E-state index in [-0.39, 0.29) is 21.6 Å². The summed E-state index contributed by atoms with van der Waals surface area (Å²) in [5.74, 6) is -2.08. The van der Waals surface area contributed by atoms with Gasteiger partial charge in [0.05, 0.1) is 22.2 Å². The van der Waals surface area contributed by atoms with Gasteiger partial charge in [-0.1, -0.05) is 36.4 Å². The van der Waals surface area contributed by atoms with Gasteiger partial charge in [-0.15, -0.1) is 0 Å². The van der Waals surface area contributed by atoms with Crippen molar-refractivity contribution in [3.63, 3.8) is 0 Å². The minimum absolute atomic E-state index is 0.0201. The minimum Gasteiger partial charge on any atom is -0.478 e. The van der Waals surface area contributed by atoms with Crippen molar-refractivity contribution in [2.24, 2.45) is 0 Å². The fourth-order valence-electron chi connectivity index (χ4n) is 3.62. The summed E-state index contributed by atoms with van der Waals surface area (Å²) in [5, 5.41) is 13.2. The number of aromatic nitrogens is 2. The standard InChI is InChI=1S/C26H19FN2O6S/c1-36(34,35)21-12-8-16(9-13-21)22-14-28-29(25(31)24(22)18-6-10-20(27)11-7-18)15-23(30)17-2-4-19(5-3-17)26(32)33/h2-14H,15H2,1H3,(H,32,33). The average Bonchev–Trinajstić information content (AvgIpc) is 2.85. The lowest BCUT2D eigenvalue weighted by Crippen LogP contribution is -2.28. The number of benzene rings is 3. The molecule has 4 aromatic rings. The first-order valence-corrected chi connectivity index (χ1v) is 12.5. The first-order valence-electron chi connectivity index (χ1n) is 10.6. The molecule has 8 nitrogen and oxygen atoms in total. The molecule has 36 heavy (non-hydrogen) atoms. The van der Waals surface area contributed by atoms with Crippen LogP contribution in [0.25, 0.3) is 22.3 Å². The van der Waals surface area contributed by atoms with Crippen LogP contribution in [0.4, 0.5) is 4.39 Å². The van der Waals surface area contributed by atoms with E-state index in [1.807, 2.05) is 0 Å². The molecule has 182 valence electrons. The number of sulfone groups is 1. The Kier molecular flexibility index (Phi) is 6.63. The van der Waals surface area contributed by atoms with Crippen molar-refractivity contribution in [2.45, 2.75) is 11.4 Å². The first-order chi connectivity index (χ1) is 17.0. The van der Waals surface area contributed by atoms with Crippen molar-refractivity contribution in [3.8, 4) is 22.3 Å². The van der Waals surface area contributed by atoms with Crippen LogP contribution in [0, 0.1) is 5.82 Å². The van der Waals surface area contributed by atoms with Gasteiger partial charge >= 0.3 is 5.97 Å². The van der Waals surface area contributed by atoms with Gasteiger partial charge in [0, 0.05) is 17.4 Å². The summed E-state index contributed by atoms with van der Waals surface area (Å²) >= 11 is 0. The van der Waals surface area contributed by atoms with Gasteiger partial charge in [-0.05, 0) is 47.5 Å². The highest BCUT2D eigenvalue weighted by Crippen LogP contribution is 2.29. The first kappa shape index (κ1) is 24.7. The molecule has 0 aliphatic heterocycles. The number of ketones is 1. The molecule has 0 aliphatic carbocycles. The number of carboxylic acids is 1. The maximum Gasteiger partial charge on any atom is 0.335 e. The highest BCUT2D eigenvalue weighted by atomic mass is 32.2. The molecule has 1 heterocycles. The predicted molar refractivity (Wildman–Crippen MR) is 130 cm³/mol. The van der Waals surface area contributed by atoms with Gasteiger partial charge in [0.25, 0.3) is 5.56 Å². The molecular formula is C26H19FN2O6S. The minimum atomic E-state index is -3.42. The predicted octanol–water partition coefficient (Wildman–Crippen LogP) is 3.70. The number of Topliss-reactive ketones (excluding diaryl/α,β-unsaturated/α-hetero) is 1. The Balaban J connectivity index is 1.78. The average molecular weight is 507 g/mol. The number of halogens is 1. The third-order valence-electron chi connectivity index (χ3n) is 5.52. The summed E-state index contributed by atoms with van der Waals surface area (Å²) in [6, 6.07) is 16.5. The zero-order valence-corrected chi connectivity index (χ0v) is 19.7. The van der Waals surface area contributed by atoms with Crippen molar-refractivity contribution in [1.82, 2.24) is 9.78 Å². The number of carboxylic acid groups (broad SMARTS) is 1. The molecule has 10 heteroatoms. The van der Waals surface area contributed by atoms with Gasteiger partial charge < -0.3 is 5.11 Å². The molecule has 0 saturated heterocycles. The van der Waals surface area contributed by atoms with Crippen LogP contribution in [0.3, 0.4) is 0 Å². The number of carbonyl (C=O) groups excluding carboxylic acids is 1. The maximum atomic E-state index is 13.6. The third kappa shape index (κ3) is 5.13. The molecule has 0 unspecified atom stereocenters. The molecule has 0 saturated carbocycles. The van der Waals surface area contributed by atoms with Gasteiger partial charge in [0.15, 0.2) is 15.6 Å². The highest BCUT2D eigenvalue weighted by Gasteiger charge is 2.18. The molecule has 3 aromatic carbocycles. The Morgan fingerprint density at radius 2 is 1.44 bits per heavy atom. The lowest BCUT2D eigenvalue weighted by molar-refractivity contribution is 0.0696. The van der Waals surface area contributed by atoms with Crippen molar-refractivity contribution in [2.75, 3.05) is 6.26 Å². The number of hydrogen-bond donors (Lipinski definition) is 1. The van der Waals surface area contributed by atoms with E-state index < -0.39 is 39.5 Å². The van der Waals surface area contributed by atoms with E-state index in [0.29, 0.717) is 16.7 Å². The summed E-state index contributed by atoms with van der Waals surface area (Å²) in [5.41, 5.74) is 1.05. The molecular weight excluding hydrogens is 487 g/mol. The Labute approximate surface area is 205 Å². The van der Waals surface area contributed by atoms with E-state index in [2.05, 4.69) is 5.10 Å². The summed E-state index contributed by atoms with van der Waals surface area (Å²) in [7, 11) is -3.42. The van der Waals surface area contributed by atoms with Crippen molar-refractivity contribution in [3.05, 3.63) is 106 Å². The van der Waals surface area contributed by atoms with Crippen LogP contribution >= 0.6 is 0 Å². The van der Waals surface area contributed by atoms with E-state index in [0.717, 1.165) is 10.9 Å². The Morgan fingerprint density at radius 1 is 0.889 bits per heavy atom.